The predicted molar refractivity (Wildman–Crippen MR) is 102 cm³/mol. The second kappa shape index (κ2) is 6.84. The number of hydrogen-bond acceptors (Lipinski definition) is 7. The Morgan fingerprint density at radius 3 is 2.96 bits per heavy atom. The monoisotopic (exact) mass is 380 g/mol. The van der Waals surface area contributed by atoms with Crippen LogP contribution in [0.4, 0.5) is 0 Å². The molecule has 1 unspecified atom stereocenters. The van der Waals surface area contributed by atoms with E-state index in [1.807, 2.05) is 24.3 Å². The summed E-state index contributed by atoms with van der Waals surface area (Å²) in [5, 5.41) is 7.43. The van der Waals surface area contributed by atoms with E-state index in [1.165, 1.54) is 0 Å². The van der Waals surface area contributed by atoms with Gasteiger partial charge in [-0.05, 0) is 31.5 Å². The summed E-state index contributed by atoms with van der Waals surface area (Å²) >= 11 is 0. The van der Waals surface area contributed by atoms with Crippen molar-refractivity contribution in [2.45, 2.75) is 25.4 Å². The molecule has 144 valence electrons. The maximum absolute atomic E-state index is 13.3. The highest BCUT2D eigenvalue weighted by molar-refractivity contribution is 5.83. The summed E-state index contributed by atoms with van der Waals surface area (Å²) in [5.74, 6) is 0.867. The number of aromatic nitrogens is 5. The maximum atomic E-state index is 13.3. The second-order valence-electron chi connectivity index (χ2n) is 6.86. The average Bonchev–Trinajstić information content (AvgIpc) is 3.47. The smallest absolute Gasteiger partial charge is 0.277 e. The van der Waals surface area contributed by atoms with Gasteiger partial charge in [0.2, 0.25) is 11.7 Å². The van der Waals surface area contributed by atoms with Gasteiger partial charge in [-0.1, -0.05) is 17.3 Å². The first-order chi connectivity index (χ1) is 13.8. The molecule has 5 rings (SSSR count). The molecule has 1 aliphatic rings. The molecule has 0 amide bonds. The fourth-order valence-corrected chi connectivity index (χ4v) is 3.81. The average molecular weight is 380 g/mol. The molecular formula is C19H20N6O3. The number of nitrogens with one attached hydrogen (secondary N) is 1. The molecule has 1 atom stereocenters. The van der Waals surface area contributed by atoms with Crippen molar-refractivity contribution in [1.29, 1.82) is 0 Å². The number of methoxy groups -OCH3 is 1. The highest BCUT2D eigenvalue weighted by Crippen LogP contribution is 2.26. The van der Waals surface area contributed by atoms with Crippen molar-refractivity contribution in [3.63, 3.8) is 0 Å². The van der Waals surface area contributed by atoms with E-state index in [1.54, 1.807) is 22.4 Å². The Kier molecular flexibility index (Phi) is 4.18. The number of fused-ring (bicyclic) bond motifs is 3. The molecule has 9 heteroatoms. The van der Waals surface area contributed by atoms with Crippen molar-refractivity contribution < 1.29 is 9.26 Å². The van der Waals surface area contributed by atoms with Crippen LogP contribution in [-0.2, 0) is 11.3 Å². The number of ether oxygens (including phenoxy) is 1. The molecule has 1 aromatic carbocycles. The summed E-state index contributed by atoms with van der Waals surface area (Å²) in [7, 11) is 1.62. The van der Waals surface area contributed by atoms with Gasteiger partial charge in [0.25, 0.3) is 5.56 Å². The van der Waals surface area contributed by atoms with Gasteiger partial charge in [0, 0.05) is 13.7 Å². The maximum Gasteiger partial charge on any atom is 0.277 e. The number of hydrogen-bond donors (Lipinski definition) is 1. The lowest BCUT2D eigenvalue weighted by Gasteiger charge is -2.11. The van der Waals surface area contributed by atoms with Crippen LogP contribution < -0.4 is 10.9 Å². The van der Waals surface area contributed by atoms with E-state index in [9.17, 15) is 4.79 Å². The van der Waals surface area contributed by atoms with E-state index < -0.39 is 0 Å². The fraction of sp³-hybridized carbons (Fsp3) is 0.368. The fourth-order valence-electron chi connectivity index (χ4n) is 3.81. The lowest BCUT2D eigenvalue weighted by molar-refractivity contribution is 0.187. The number of rotatable bonds is 5. The molecule has 4 heterocycles. The van der Waals surface area contributed by atoms with Crippen LogP contribution in [-0.4, -0.2) is 44.4 Å². The lowest BCUT2D eigenvalue weighted by atomic mass is 10.2. The molecule has 0 spiro atoms. The second-order valence-corrected chi connectivity index (χ2v) is 6.86. The van der Waals surface area contributed by atoms with Gasteiger partial charge in [-0.2, -0.15) is 4.98 Å². The van der Waals surface area contributed by atoms with Gasteiger partial charge in [0.15, 0.2) is 0 Å². The van der Waals surface area contributed by atoms with Crippen LogP contribution in [0.3, 0.4) is 0 Å². The molecular weight excluding hydrogens is 360 g/mol. The summed E-state index contributed by atoms with van der Waals surface area (Å²) in [6.45, 7) is 1.82. The summed E-state index contributed by atoms with van der Waals surface area (Å²) in [6.07, 6.45) is 3.67. The number of benzene rings is 1. The number of para-hydroxylation sites is 2. The van der Waals surface area contributed by atoms with E-state index in [0.29, 0.717) is 36.1 Å². The van der Waals surface area contributed by atoms with Crippen LogP contribution in [0.25, 0.3) is 28.1 Å². The van der Waals surface area contributed by atoms with E-state index in [2.05, 4.69) is 20.4 Å². The third-order valence-electron chi connectivity index (χ3n) is 5.18. The molecule has 4 aromatic rings. The van der Waals surface area contributed by atoms with Crippen LogP contribution in [0.5, 0.6) is 0 Å². The summed E-state index contributed by atoms with van der Waals surface area (Å²) in [6, 6.07) is 7.79. The van der Waals surface area contributed by atoms with E-state index in [-0.39, 0.29) is 11.6 Å². The third kappa shape index (κ3) is 2.62. The minimum Gasteiger partial charge on any atom is -0.383 e. The Morgan fingerprint density at radius 2 is 2.18 bits per heavy atom. The normalized spacial score (nSPS) is 17.1. The van der Waals surface area contributed by atoms with Gasteiger partial charge in [-0.15, -0.1) is 0 Å². The molecule has 9 nitrogen and oxygen atoms in total. The van der Waals surface area contributed by atoms with Gasteiger partial charge >= 0.3 is 0 Å². The van der Waals surface area contributed by atoms with Crippen LogP contribution in [0, 0.1) is 0 Å². The molecule has 0 bridgehead atoms. The van der Waals surface area contributed by atoms with Gasteiger partial charge in [-0.3, -0.25) is 9.20 Å². The predicted octanol–water partition coefficient (Wildman–Crippen LogP) is 1.77. The van der Waals surface area contributed by atoms with E-state index in [4.69, 9.17) is 9.26 Å². The Bertz CT molecular complexity index is 1200. The topological polar surface area (TPSA) is 99.5 Å². The minimum atomic E-state index is -0.159. The third-order valence-corrected chi connectivity index (χ3v) is 5.18. The first-order valence-electron chi connectivity index (χ1n) is 9.33. The van der Waals surface area contributed by atoms with Crippen molar-refractivity contribution in [2.24, 2.45) is 0 Å². The van der Waals surface area contributed by atoms with Crippen molar-refractivity contribution in [3.05, 3.63) is 46.8 Å². The standard InChI is InChI=1S/C19H20N6O3/c1-27-10-9-24-13-6-2-3-7-14(13)25-11-21-15(16(25)19(24)26)17-22-18(28-23-17)12-5-4-8-20-12/h2-3,6-7,11-12,20H,4-5,8-10H2,1H3. The van der Waals surface area contributed by atoms with E-state index in [0.717, 1.165) is 30.4 Å². The molecule has 1 N–H and O–H groups in total. The quantitative estimate of drug-likeness (QED) is 0.563. The highest BCUT2D eigenvalue weighted by Gasteiger charge is 2.25. The Morgan fingerprint density at radius 1 is 1.32 bits per heavy atom. The van der Waals surface area contributed by atoms with Crippen molar-refractivity contribution in [2.75, 3.05) is 20.3 Å². The first-order valence-corrected chi connectivity index (χ1v) is 9.33. The van der Waals surface area contributed by atoms with Crippen molar-refractivity contribution in [1.82, 2.24) is 29.4 Å². The SMILES string of the molecule is COCCn1c(=O)c2c(-c3noc(C4CCCN4)n3)ncn2c2ccccc21. The molecule has 1 saturated heterocycles. The van der Waals surface area contributed by atoms with E-state index >= 15 is 0 Å². The molecule has 0 aliphatic carbocycles. The zero-order chi connectivity index (χ0) is 19.1. The highest BCUT2D eigenvalue weighted by atomic mass is 16.5. The summed E-state index contributed by atoms with van der Waals surface area (Å²) in [5.41, 5.74) is 2.41. The van der Waals surface area contributed by atoms with Crippen LogP contribution in [0.15, 0.2) is 39.9 Å². The Balaban J connectivity index is 1.71. The van der Waals surface area contributed by atoms with Crippen molar-refractivity contribution >= 4 is 16.6 Å². The zero-order valence-corrected chi connectivity index (χ0v) is 15.5. The van der Waals surface area contributed by atoms with Gasteiger partial charge in [0.1, 0.15) is 17.5 Å². The minimum absolute atomic E-state index is 0.0642. The van der Waals surface area contributed by atoms with Gasteiger partial charge in [0.05, 0.1) is 23.7 Å². The van der Waals surface area contributed by atoms with Crippen LogP contribution in [0.1, 0.15) is 24.8 Å². The molecule has 0 saturated carbocycles. The number of nitrogens with zero attached hydrogens (tertiary/aromatic N) is 5. The van der Waals surface area contributed by atoms with Gasteiger partial charge < -0.3 is 19.1 Å². The summed E-state index contributed by atoms with van der Waals surface area (Å²) in [4.78, 5) is 22.3. The molecule has 3 aromatic heterocycles. The molecule has 0 radical (unpaired) electrons. The van der Waals surface area contributed by atoms with Crippen LogP contribution >= 0.6 is 0 Å². The Labute approximate surface area is 159 Å². The molecule has 1 aliphatic heterocycles. The summed E-state index contributed by atoms with van der Waals surface area (Å²) < 4.78 is 14.1. The number of imidazole rings is 1. The molecule has 28 heavy (non-hydrogen) atoms. The Hall–Kier alpha value is -3.04. The van der Waals surface area contributed by atoms with Crippen LogP contribution in [0.2, 0.25) is 0 Å². The first kappa shape index (κ1) is 17.1. The molecule has 1 fully saturated rings. The lowest BCUT2D eigenvalue weighted by Crippen LogP contribution is -2.25. The van der Waals surface area contributed by atoms with Gasteiger partial charge in [-0.25, -0.2) is 4.98 Å². The largest absolute Gasteiger partial charge is 0.383 e. The zero-order valence-electron chi connectivity index (χ0n) is 15.5. The van der Waals surface area contributed by atoms with Crippen molar-refractivity contribution in [3.8, 4) is 11.5 Å².